The Labute approximate surface area is 223 Å². The minimum atomic E-state index is -1.14. The molecule has 2 saturated heterocycles. The standard InChI is InChI=1S/C28H26O11/c1-28(2)38-24-22(29)26(37-27(24)39-28)36-23-14-9-18(32-4)17(31-3)8-13(14)20(21-15(23)10-33-25(21)30)12-5-6-16-19(7-12)35-11-34-16/h5-9,22,24,26-27,29H,10-11H2,1-4H3. The maximum atomic E-state index is 13.2. The van der Waals surface area contributed by atoms with Crippen LogP contribution in [0.5, 0.6) is 28.7 Å². The molecule has 2 fully saturated rings. The molecule has 0 amide bonds. The van der Waals surface area contributed by atoms with Crippen molar-refractivity contribution in [1.29, 1.82) is 0 Å². The van der Waals surface area contributed by atoms with Gasteiger partial charge in [0.2, 0.25) is 13.1 Å². The molecule has 0 aromatic heterocycles. The number of esters is 1. The van der Waals surface area contributed by atoms with Gasteiger partial charge in [0.1, 0.15) is 24.6 Å². The van der Waals surface area contributed by atoms with Crippen molar-refractivity contribution < 1.29 is 52.5 Å². The fourth-order valence-corrected chi connectivity index (χ4v) is 5.57. The highest BCUT2D eigenvalue weighted by molar-refractivity contribution is 6.14. The summed E-state index contributed by atoms with van der Waals surface area (Å²) in [6, 6.07) is 9.02. The molecule has 4 aliphatic heterocycles. The van der Waals surface area contributed by atoms with Gasteiger partial charge in [-0.3, -0.25) is 0 Å². The Bertz CT molecular complexity index is 1510. The number of carbonyl (C=O) groups is 1. The summed E-state index contributed by atoms with van der Waals surface area (Å²) in [5.74, 6) is 1.02. The number of cyclic esters (lactones) is 1. The first-order valence-corrected chi connectivity index (χ1v) is 12.5. The molecule has 39 heavy (non-hydrogen) atoms. The SMILES string of the molecule is COc1cc2c(OC3OC4OC(C)(C)OC4C3O)c3c(c(-c4ccc5c(c4)OCO5)c2cc1OC)C(=O)OC3. The second kappa shape index (κ2) is 8.62. The van der Waals surface area contributed by atoms with Crippen LogP contribution in [0.2, 0.25) is 0 Å². The van der Waals surface area contributed by atoms with Gasteiger partial charge < -0.3 is 47.7 Å². The van der Waals surface area contributed by atoms with Gasteiger partial charge in [-0.05, 0) is 49.1 Å². The molecule has 3 aromatic carbocycles. The minimum Gasteiger partial charge on any atom is -0.493 e. The molecule has 0 aliphatic carbocycles. The maximum absolute atomic E-state index is 13.2. The second-order valence-corrected chi connectivity index (χ2v) is 10.0. The van der Waals surface area contributed by atoms with Crippen LogP contribution < -0.4 is 23.7 Å². The largest absolute Gasteiger partial charge is 0.493 e. The van der Waals surface area contributed by atoms with E-state index in [2.05, 4.69) is 0 Å². The van der Waals surface area contributed by atoms with Crippen molar-refractivity contribution in [1.82, 2.24) is 0 Å². The number of rotatable bonds is 5. The number of carbonyl (C=O) groups excluding carboxylic acids is 1. The lowest BCUT2D eigenvalue weighted by atomic mass is 9.89. The molecular formula is C28H26O11. The van der Waals surface area contributed by atoms with Crippen LogP contribution in [-0.4, -0.2) is 62.7 Å². The van der Waals surface area contributed by atoms with E-state index in [0.717, 1.165) is 0 Å². The smallest absolute Gasteiger partial charge is 0.339 e. The van der Waals surface area contributed by atoms with Crippen LogP contribution >= 0.6 is 0 Å². The van der Waals surface area contributed by atoms with Gasteiger partial charge in [-0.25, -0.2) is 4.79 Å². The number of fused-ring (bicyclic) bond motifs is 4. The van der Waals surface area contributed by atoms with Gasteiger partial charge in [0, 0.05) is 16.5 Å². The predicted molar refractivity (Wildman–Crippen MR) is 133 cm³/mol. The second-order valence-electron chi connectivity index (χ2n) is 10.0. The Kier molecular flexibility index (Phi) is 5.37. The number of methoxy groups -OCH3 is 2. The number of hydrogen-bond acceptors (Lipinski definition) is 11. The van der Waals surface area contributed by atoms with Gasteiger partial charge in [-0.1, -0.05) is 6.07 Å². The molecule has 4 heterocycles. The average molecular weight is 539 g/mol. The Morgan fingerprint density at radius 2 is 1.67 bits per heavy atom. The summed E-state index contributed by atoms with van der Waals surface area (Å²) in [4.78, 5) is 13.2. The Morgan fingerprint density at radius 3 is 2.41 bits per heavy atom. The van der Waals surface area contributed by atoms with Crippen molar-refractivity contribution in [3.63, 3.8) is 0 Å². The number of aliphatic hydroxyl groups excluding tert-OH is 1. The first-order valence-electron chi connectivity index (χ1n) is 12.5. The fraction of sp³-hybridized carbons (Fsp3) is 0.393. The van der Waals surface area contributed by atoms with Gasteiger partial charge in [0.15, 0.2) is 35.1 Å². The Balaban J connectivity index is 1.42. The van der Waals surface area contributed by atoms with Crippen molar-refractivity contribution in [3.05, 3.63) is 41.5 Å². The molecule has 204 valence electrons. The first kappa shape index (κ1) is 24.3. The third-order valence-corrected chi connectivity index (χ3v) is 7.28. The molecule has 7 rings (SSSR count). The number of hydrogen-bond donors (Lipinski definition) is 1. The van der Waals surface area contributed by atoms with E-state index in [4.69, 9.17) is 42.6 Å². The van der Waals surface area contributed by atoms with Crippen LogP contribution in [0.3, 0.4) is 0 Å². The van der Waals surface area contributed by atoms with Gasteiger partial charge in [0.25, 0.3) is 0 Å². The van der Waals surface area contributed by atoms with Gasteiger partial charge in [-0.2, -0.15) is 0 Å². The first-order chi connectivity index (χ1) is 18.8. The fourth-order valence-electron chi connectivity index (χ4n) is 5.57. The Morgan fingerprint density at radius 1 is 0.923 bits per heavy atom. The third-order valence-electron chi connectivity index (χ3n) is 7.28. The number of ether oxygens (including phenoxy) is 9. The molecule has 0 saturated carbocycles. The minimum absolute atomic E-state index is 0.0267. The summed E-state index contributed by atoms with van der Waals surface area (Å²) in [5, 5.41) is 12.3. The van der Waals surface area contributed by atoms with Gasteiger partial charge in [0.05, 0.1) is 19.8 Å². The highest BCUT2D eigenvalue weighted by atomic mass is 16.9. The molecule has 11 heteroatoms. The molecule has 4 unspecified atom stereocenters. The summed E-state index contributed by atoms with van der Waals surface area (Å²) < 4.78 is 51.6. The van der Waals surface area contributed by atoms with Gasteiger partial charge in [-0.15, -0.1) is 0 Å². The van der Waals surface area contributed by atoms with E-state index in [0.29, 0.717) is 61.8 Å². The lowest BCUT2D eigenvalue weighted by molar-refractivity contribution is -0.242. The normalized spacial score (nSPS) is 25.9. The highest BCUT2D eigenvalue weighted by Gasteiger charge is 2.55. The van der Waals surface area contributed by atoms with E-state index in [1.807, 2.05) is 12.1 Å². The molecule has 0 bridgehead atoms. The van der Waals surface area contributed by atoms with Crippen molar-refractivity contribution in [2.24, 2.45) is 0 Å². The Hall–Kier alpha value is -3.77. The zero-order chi connectivity index (χ0) is 27.1. The summed E-state index contributed by atoms with van der Waals surface area (Å²) in [7, 11) is 3.07. The lowest BCUT2D eigenvalue weighted by Gasteiger charge is -2.25. The van der Waals surface area contributed by atoms with E-state index in [1.54, 1.807) is 32.0 Å². The topological polar surface area (TPSA) is 120 Å². The van der Waals surface area contributed by atoms with E-state index in [9.17, 15) is 9.90 Å². The quantitative estimate of drug-likeness (QED) is 0.481. The van der Waals surface area contributed by atoms with Crippen LogP contribution in [-0.2, 0) is 25.6 Å². The van der Waals surface area contributed by atoms with Crippen LogP contribution in [0.1, 0.15) is 29.8 Å². The monoisotopic (exact) mass is 538 g/mol. The van der Waals surface area contributed by atoms with Crippen molar-refractivity contribution >= 4 is 16.7 Å². The van der Waals surface area contributed by atoms with E-state index in [-0.39, 0.29) is 13.4 Å². The summed E-state index contributed by atoms with van der Waals surface area (Å²) in [6.45, 7) is 3.58. The average Bonchev–Trinajstić information content (AvgIpc) is 3.67. The van der Waals surface area contributed by atoms with Crippen molar-refractivity contribution in [3.8, 4) is 39.9 Å². The van der Waals surface area contributed by atoms with E-state index in [1.165, 1.54) is 14.2 Å². The lowest BCUT2D eigenvalue weighted by Crippen LogP contribution is -2.37. The number of aliphatic hydroxyl groups is 1. The van der Waals surface area contributed by atoms with E-state index >= 15 is 0 Å². The predicted octanol–water partition coefficient (Wildman–Crippen LogP) is 3.50. The highest BCUT2D eigenvalue weighted by Crippen LogP contribution is 2.50. The molecule has 0 spiro atoms. The molecule has 4 aliphatic rings. The van der Waals surface area contributed by atoms with Crippen LogP contribution in [0.25, 0.3) is 21.9 Å². The molecular weight excluding hydrogens is 512 g/mol. The molecule has 4 atom stereocenters. The van der Waals surface area contributed by atoms with Crippen LogP contribution in [0, 0.1) is 0 Å². The summed E-state index contributed by atoms with van der Waals surface area (Å²) in [5.41, 5.74) is 2.19. The van der Waals surface area contributed by atoms with Crippen LogP contribution in [0.15, 0.2) is 30.3 Å². The van der Waals surface area contributed by atoms with Crippen molar-refractivity contribution in [2.75, 3.05) is 21.0 Å². The van der Waals surface area contributed by atoms with Gasteiger partial charge >= 0.3 is 5.97 Å². The summed E-state index contributed by atoms with van der Waals surface area (Å²) in [6.07, 6.45) is -3.80. The summed E-state index contributed by atoms with van der Waals surface area (Å²) >= 11 is 0. The molecule has 1 N–H and O–H groups in total. The zero-order valence-corrected chi connectivity index (χ0v) is 21.6. The molecule has 0 radical (unpaired) electrons. The number of benzene rings is 3. The van der Waals surface area contributed by atoms with Crippen LogP contribution in [0.4, 0.5) is 0 Å². The molecule has 11 nitrogen and oxygen atoms in total. The van der Waals surface area contributed by atoms with E-state index < -0.39 is 36.5 Å². The molecule has 3 aromatic rings. The maximum Gasteiger partial charge on any atom is 0.339 e. The third kappa shape index (κ3) is 3.69. The zero-order valence-electron chi connectivity index (χ0n) is 21.6. The van der Waals surface area contributed by atoms with Crippen molar-refractivity contribution in [2.45, 2.75) is 51.0 Å².